The monoisotopic (exact) mass is 225 g/mol. The smallest absolute Gasteiger partial charge is 0.307 e. The number of hydrogen-bond acceptors (Lipinski definition) is 4. The molecule has 1 unspecified atom stereocenters. The van der Waals surface area contributed by atoms with Gasteiger partial charge in [0.2, 0.25) is 0 Å². The van der Waals surface area contributed by atoms with Crippen LogP contribution in [0.4, 0.5) is 0 Å². The first-order valence-electron chi connectivity index (χ1n) is 5.40. The minimum absolute atomic E-state index is 0.135. The van der Waals surface area contributed by atoms with Crippen LogP contribution in [-0.4, -0.2) is 35.4 Å². The highest BCUT2D eigenvalue weighted by molar-refractivity contribution is 5.69. The molecule has 0 aromatic carbocycles. The predicted octanol–water partition coefficient (Wildman–Crippen LogP) is 0.504. The van der Waals surface area contributed by atoms with E-state index in [2.05, 4.69) is 15.2 Å². The van der Waals surface area contributed by atoms with Gasteiger partial charge in [0, 0.05) is 32.3 Å². The summed E-state index contributed by atoms with van der Waals surface area (Å²) in [6.45, 7) is 2.78. The predicted molar refractivity (Wildman–Crippen MR) is 61.0 cm³/mol. The van der Waals surface area contributed by atoms with Crippen molar-refractivity contribution in [3.63, 3.8) is 0 Å². The van der Waals surface area contributed by atoms with Gasteiger partial charge in [-0.3, -0.25) is 9.48 Å². The van der Waals surface area contributed by atoms with Gasteiger partial charge in [0.05, 0.1) is 19.2 Å². The van der Waals surface area contributed by atoms with Crippen LogP contribution in [0, 0.1) is 0 Å². The van der Waals surface area contributed by atoms with Crippen molar-refractivity contribution in [3.8, 4) is 0 Å². The molecule has 1 N–H and O–H groups in total. The van der Waals surface area contributed by atoms with Crippen molar-refractivity contribution in [2.45, 2.75) is 25.8 Å². The van der Waals surface area contributed by atoms with E-state index in [1.807, 2.05) is 26.2 Å². The average Bonchev–Trinajstić information content (AvgIpc) is 2.64. The molecule has 16 heavy (non-hydrogen) atoms. The van der Waals surface area contributed by atoms with Crippen molar-refractivity contribution < 1.29 is 9.53 Å². The number of carbonyl (C=O) groups excluding carboxylic acids is 1. The van der Waals surface area contributed by atoms with E-state index in [1.54, 1.807) is 4.68 Å². The van der Waals surface area contributed by atoms with Crippen molar-refractivity contribution in [1.29, 1.82) is 0 Å². The van der Waals surface area contributed by atoms with Crippen molar-refractivity contribution in [2.75, 3.05) is 13.7 Å². The van der Waals surface area contributed by atoms with E-state index in [0.29, 0.717) is 6.42 Å². The summed E-state index contributed by atoms with van der Waals surface area (Å²) in [5, 5.41) is 7.53. The molecule has 1 aromatic rings. The standard InChI is InChI=1S/C11H19N3O2/c1-9(8-11(15)16-3)12-6-4-10-5-7-14(2)13-10/h5,7,9,12H,4,6,8H2,1-3H3. The van der Waals surface area contributed by atoms with E-state index in [0.717, 1.165) is 18.7 Å². The zero-order valence-electron chi connectivity index (χ0n) is 10.1. The van der Waals surface area contributed by atoms with Crippen LogP contribution in [0.5, 0.6) is 0 Å². The Morgan fingerprint density at radius 2 is 2.44 bits per heavy atom. The minimum atomic E-state index is -0.183. The molecule has 0 saturated carbocycles. The fraction of sp³-hybridized carbons (Fsp3) is 0.636. The largest absolute Gasteiger partial charge is 0.469 e. The van der Waals surface area contributed by atoms with Gasteiger partial charge in [0.1, 0.15) is 0 Å². The van der Waals surface area contributed by atoms with E-state index in [1.165, 1.54) is 7.11 Å². The summed E-state index contributed by atoms with van der Waals surface area (Å²) >= 11 is 0. The summed E-state index contributed by atoms with van der Waals surface area (Å²) in [5.74, 6) is -0.183. The first-order valence-corrected chi connectivity index (χ1v) is 5.40. The third-order valence-corrected chi connectivity index (χ3v) is 2.34. The number of nitrogens with one attached hydrogen (secondary N) is 1. The van der Waals surface area contributed by atoms with Crippen LogP contribution in [0.1, 0.15) is 19.0 Å². The van der Waals surface area contributed by atoms with Crippen LogP contribution in [0.3, 0.4) is 0 Å². The Morgan fingerprint density at radius 1 is 1.69 bits per heavy atom. The summed E-state index contributed by atoms with van der Waals surface area (Å²) in [6, 6.07) is 2.13. The maximum absolute atomic E-state index is 11.0. The Hall–Kier alpha value is -1.36. The minimum Gasteiger partial charge on any atom is -0.469 e. The van der Waals surface area contributed by atoms with Gasteiger partial charge in [-0.2, -0.15) is 5.10 Å². The van der Waals surface area contributed by atoms with Crippen LogP contribution in [0.15, 0.2) is 12.3 Å². The molecule has 1 rings (SSSR count). The lowest BCUT2D eigenvalue weighted by Crippen LogP contribution is -2.30. The molecule has 90 valence electrons. The van der Waals surface area contributed by atoms with Gasteiger partial charge in [-0.25, -0.2) is 0 Å². The molecule has 1 aromatic heterocycles. The molecule has 0 fully saturated rings. The topological polar surface area (TPSA) is 56.1 Å². The number of rotatable bonds is 6. The number of aromatic nitrogens is 2. The molecular weight excluding hydrogens is 206 g/mol. The number of esters is 1. The number of methoxy groups -OCH3 is 1. The van der Waals surface area contributed by atoms with Gasteiger partial charge in [0.15, 0.2) is 0 Å². The Bertz CT molecular complexity index is 336. The fourth-order valence-corrected chi connectivity index (χ4v) is 1.45. The van der Waals surface area contributed by atoms with Gasteiger partial charge in [-0.05, 0) is 13.0 Å². The highest BCUT2D eigenvalue weighted by Gasteiger charge is 2.08. The molecule has 0 saturated heterocycles. The Morgan fingerprint density at radius 3 is 3.00 bits per heavy atom. The molecule has 5 heteroatoms. The fourth-order valence-electron chi connectivity index (χ4n) is 1.45. The molecule has 0 amide bonds. The van der Waals surface area contributed by atoms with Gasteiger partial charge >= 0.3 is 5.97 Å². The van der Waals surface area contributed by atoms with Crippen molar-refractivity contribution >= 4 is 5.97 Å². The van der Waals surface area contributed by atoms with E-state index < -0.39 is 0 Å². The highest BCUT2D eigenvalue weighted by Crippen LogP contribution is 1.96. The first-order chi connectivity index (χ1) is 7.61. The van der Waals surface area contributed by atoms with Gasteiger partial charge < -0.3 is 10.1 Å². The van der Waals surface area contributed by atoms with Crippen LogP contribution in [-0.2, 0) is 23.0 Å². The number of aryl methyl sites for hydroxylation is 1. The van der Waals surface area contributed by atoms with E-state index in [-0.39, 0.29) is 12.0 Å². The number of ether oxygens (including phenoxy) is 1. The highest BCUT2D eigenvalue weighted by atomic mass is 16.5. The van der Waals surface area contributed by atoms with Crippen LogP contribution >= 0.6 is 0 Å². The molecule has 0 spiro atoms. The number of carbonyl (C=O) groups is 1. The molecule has 0 aliphatic carbocycles. The maximum Gasteiger partial charge on any atom is 0.307 e. The zero-order chi connectivity index (χ0) is 12.0. The molecule has 0 aliphatic rings. The maximum atomic E-state index is 11.0. The van der Waals surface area contributed by atoms with Crippen LogP contribution in [0.2, 0.25) is 0 Å². The Kier molecular flexibility index (Phi) is 4.98. The summed E-state index contributed by atoms with van der Waals surface area (Å²) in [6.07, 6.45) is 3.19. The third kappa shape index (κ3) is 4.44. The lowest BCUT2D eigenvalue weighted by molar-refractivity contribution is -0.141. The van der Waals surface area contributed by atoms with Gasteiger partial charge in [-0.1, -0.05) is 0 Å². The summed E-state index contributed by atoms with van der Waals surface area (Å²) in [4.78, 5) is 11.0. The summed E-state index contributed by atoms with van der Waals surface area (Å²) in [7, 11) is 3.31. The molecular formula is C11H19N3O2. The normalized spacial score (nSPS) is 12.4. The van der Waals surface area contributed by atoms with Crippen LogP contribution in [0.25, 0.3) is 0 Å². The molecule has 1 atom stereocenters. The average molecular weight is 225 g/mol. The van der Waals surface area contributed by atoms with Gasteiger partial charge in [0.25, 0.3) is 0 Å². The second kappa shape index (κ2) is 6.27. The molecule has 0 radical (unpaired) electrons. The van der Waals surface area contributed by atoms with E-state index in [4.69, 9.17) is 0 Å². The van der Waals surface area contributed by atoms with Crippen molar-refractivity contribution in [3.05, 3.63) is 18.0 Å². The third-order valence-electron chi connectivity index (χ3n) is 2.34. The van der Waals surface area contributed by atoms with Crippen molar-refractivity contribution in [1.82, 2.24) is 15.1 Å². The molecule has 1 heterocycles. The van der Waals surface area contributed by atoms with E-state index >= 15 is 0 Å². The quantitative estimate of drug-likeness (QED) is 0.716. The van der Waals surface area contributed by atoms with Gasteiger partial charge in [-0.15, -0.1) is 0 Å². The Balaban J connectivity index is 2.17. The number of nitrogens with zero attached hydrogens (tertiary/aromatic N) is 2. The number of hydrogen-bond donors (Lipinski definition) is 1. The summed E-state index contributed by atoms with van der Waals surface area (Å²) in [5.41, 5.74) is 1.06. The lowest BCUT2D eigenvalue weighted by Gasteiger charge is -2.11. The van der Waals surface area contributed by atoms with Crippen molar-refractivity contribution in [2.24, 2.45) is 7.05 Å². The molecule has 0 bridgehead atoms. The second-order valence-corrected chi connectivity index (χ2v) is 3.87. The summed E-state index contributed by atoms with van der Waals surface area (Å²) < 4.78 is 6.38. The van der Waals surface area contributed by atoms with E-state index in [9.17, 15) is 4.79 Å². The molecule has 0 aliphatic heterocycles. The molecule has 5 nitrogen and oxygen atoms in total. The zero-order valence-corrected chi connectivity index (χ0v) is 10.1. The van der Waals surface area contributed by atoms with Crippen LogP contribution < -0.4 is 5.32 Å². The SMILES string of the molecule is COC(=O)CC(C)NCCc1ccn(C)n1. The first kappa shape index (κ1) is 12.7. The second-order valence-electron chi connectivity index (χ2n) is 3.87. The Labute approximate surface area is 95.8 Å². The lowest BCUT2D eigenvalue weighted by atomic mass is 10.2.